The van der Waals surface area contributed by atoms with E-state index in [0.717, 1.165) is 6.07 Å². The summed E-state index contributed by atoms with van der Waals surface area (Å²) >= 11 is 0. The highest BCUT2D eigenvalue weighted by atomic mass is 19.2. The predicted molar refractivity (Wildman–Crippen MR) is 46.4 cm³/mol. The Balaban J connectivity index is 2.95. The van der Waals surface area contributed by atoms with Crippen molar-refractivity contribution in [3.05, 3.63) is 41.7 Å². The van der Waals surface area contributed by atoms with Gasteiger partial charge in [-0.2, -0.15) is 5.26 Å². The van der Waals surface area contributed by atoms with Crippen LogP contribution in [0.3, 0.4) is 0 Å². The van der Waals surface area contributed by atoms with Crippen LogP contribution in [0.4, 0.5) is 8.78 Å². The van der Waals surface area contributed by atoms with Crippen LogP contribution in [0, 0.1) is 23.0 Å². The van der Waals surface area contributed by atoms with Crippen LogP contribution in [0.2, 0.25) is 0 Å². The second kappa shape index (κ2) is 3.04. The van der Waals surface area contributed by atoms with E-state index in [4.69, 9.17) is 5.26 Å². The van der Waals surface area contributed by atoms with Gasteiger partial charge in [0, 0.05) is 17.0 Å². The molecule has 0 spiro atoms. The average Bonchev–Trinajstić information content (AvgIpc) is 2.23. The lowest BCUT2D eigenvalue weighted by molar-refractivity contribution is 0.517. The van der Waals surface area contributed by atoms with E-state index in [-0.39, 0.29) is 11.1 Å². The number of fused-ring (bicyclic) bond motifs is 1. The first-order valence-corrected chi connectivity index (χ1v) is 3.87. The molecule has 14 heavy (non-hydrogen) atoms. The molecule has 0 radical (unpaired) electrons. The van der Waals surface area contributed by atoms with E-state index in [9.17, 15) is 8.78 Å². The molecular weight excluding hydrogens is 186 g/mol. The molecule has 0 amide bonds. The van der Waals surface area contributed by atoms with E-state index in [1.54, 1.807) is 0 Å². The van der Waals surface area contributed by atoms with E-state index < -0.39 is 11.6 Å². The minimum atomic E-state index is -0.943. The van der Waals surface area contributed by atoms with Crippen LogP contribution in [0.15, 0.2) is 24.4 Å². The molecule has 0 N–H and O–H groups in total. The molecule has 0 atom stereocenters. The highest BCUT2D eigenvalue weighted by Gasteiger charge is 2.09. The van der Waals surface area contributed by atoms with Crippen LogP contribution >= 0.6 is 0 Å². The van der Waals surface area contributed by atoms with E-state index in [1.165, 1.54) is 18.3 Å². The molecule has 0 aliphatic heterocycles. The normalized spacial score (nSPS) is 10.1. The lowest BCUT2D eigenvalue weighted by atomic mass is 10.1. The topological polar surface area (TPSA) is 36.7 Å². The number of nitrogens with zero attached hydrogens (tertiary/aromatic N) is 2. The Morgan fingerprint density at radius 2 is 1.93 bits per heavy atom. The first-order chi connectivity index (χ1) is 6.74. The Kier molecular flexibility index (Phi) is 1.86. The van der Waals surface area contributed by atoms with Gasteiger partial charge in [0.25, 0.3) is 0 Å². The summed E-state index contributed by atoms with van der Waals surface area (Å²) in [6.07, 6.45) is 1.28. The maximum absolute atomic E-state index is 13.2. The van der Waals surface area contributed by atoms with Gasteiger partial charge in [0.1, 0.15) is 11.8 Å². The summed E-state index contributed by atoms with van der Waals surface area (Å²) in [5.74, 6) is -1.87. The van der Waals surface area contributed by atoms with Gasteiger partial charge in [-0.25, -0.2) is 13.8 Å². The van der Waals surface area contributed by atoms with Crippen molar-refractivity contribution in [2.75, 3.05) is 0 Å². The number of nitriles is 1. The Labute approximate surface area is 78.4 Å². The number of halogens is 2. The van der Waals surface area contributed by atoms with Gasteiger partial charge >= 0.3 is 0 Å². The molecule has 68 valence electrons. The molecule has 1 heterocycles. The summed E-state index contributed by atoms with van der Waals surface area (Å²) in [6.45, 7) is 0. The van der Waals surface area contributed by atoms with Crippen molar-refractivity contribution < 1.29 is 8.78 Å². The molecule has 0 saturated carbocycles. The quantitative estimate of drug-likeness (QED) is 0.639. The van der Waals surface area contributed by atoms with Crippen molar-refractivity contribution in [1.82, 2.24) is 4.98 Å². The number of rotatable bonds is 0. The molecule has 2 nitrogen and oxygen atoms in total. The van der Waals surface area contributed by atoms with Crippen molar-refractivity contribution in [1.29, 1.82) is 5.26 Å². The lowest BCUT2D eigenvalue weighted by Gasteiger charge is -2.00. The van der Waals surface area contributed by atoms with Gasteiger partial charge < -0.3 is 0 Å². The average molecular weight is 190 g/mol. The minimum absolute atomic E-state index is 0.0801. The SMILES string of the molecule is N#Cc1nccc2c(F)c(F)ccc12. The third kappa shape index (κ3) is 1.11. The Bertz CT molecular complexity index is 544. The molecule has 0 fully saturated rings. The summed E-state index contributed by atoms with van der Waals surface area (Å²) in [5.41, 5.74) is 0.0985. The second-order valence-corrected chi connectivity index (χ2v) is 2.73. The van der Waals surface area contributed by atoms with E-state index in [2.05, 4.69) is 4.98 Å². The van der Waals surface area contributed by atoms with Gasteiger partial charge in [0.2, 0.25) is 0 Å². The third-order valence-electron chi connectivity index (χ3n) is 1.94. The molecular formula is C10H4F2N2. The largest absolute Gasteiger partial charge is 0.245 e. The smallest absolute Gasteiger partial charge is 0.166 e. The molecule has 0 saturated heterocycles. The van der Waals surface area contributed by atoms with Crippen LogP contribution in [-0.2, 0) is 0 Å². The van der Waals surface area contributed by atoms with Crippen molar-refractivity contribution in [2.24, 2.45) is 0 Å². The highest BCUT2D eigenvalue weighted by molar-refractivity contribution is 5.86. The fourth-order valence-corrected chi connectivity index (χ4v) is 1.28. The van der Waals surface area contributed by atoms with Crippen molar-refractivity contribution in [2.45, 2.75) is 0 Å². The van der Waals surface area contributed by atoms with E-state index >= 15 is 0 Å². The summed E-state index contributed by atoms with van der Waals surface area (Å²) in [6, 6.07) is 5.49. The van der Waals surface area contributed by atoms with Gasteiger partial charge in [0.15, 0.2) is 11.6 Å². The molecule has 1 aromatic heterocycles. The molecule has 0 bridgehead atoms. The first-order valence-electron chi connectivity index (χ1n) is 3.87. The third-order valence-corrected chi connectivity index (χ3v) is 1.94. The number of hydrogen-bond acceptors (Lipinski definition) is 2. The van der Waals surface area contributed by atoms with Crippen molar-refractivity contribution in [3.63, 3.8) is 0 Å². The lowest BCUT2D eigenvalue weighted by Crippen LogP contribution is -1.90. The Hall–Kier alpha value is -2.02. The summed E-state index contributed by atoms with van der Waals surface area (Å²) in [4.78, 5) is 3.75. The fourth-order valence-electron chi connectivity index (χ4n) is 1.28. The Morgan fingerprint density at radius 3 is 2.64 bits per heavy atom. The van der Waals surface area contributed by atoms with Gasteiger partial charge in [-0.3, -0.25) is 0 Å². The Morgan fingerprint density at radius 1 is 1.14 bits per heavy atom. The fraction of sp³-hybridized carbons (Fsp3) is 0. The van der Waals surface area contributed by atoms with Crippen LogP contribution in [0.25, 0.3) is 10.8 Å². The molecule has 0 unspecified atom stereocenters. The molecule has 0 aliphatic carbocycles. The minimum Gasteiger partial charge on any atom is -0.245 e. The van der Waals surface area contributed by atoms with E-state index in [0.29, 0.717) is 5.39 Å². The van der Waals surface area contributed by atoms with Crippen LogP contribution in [0.1, 0.15) is 5.69 Å². The molecule has 2 rings (SSSR count). The maximum Gasteiger partial charge on any atom is 0.166 e. The van der Waals surface area contributed by atoms with Crippen LogP contribution in [-0.4, -0.2) is 4.98 Å². The number of hydrogen-bond donors (Lipinski definition) is 0. The van der Waals surface area contributed by atoms with Crippen molar-refractivity contribution >= 4 is 10.8 Å². The summed E-state index contributed by atoms with van der Waals surface area (Å²) in [5, 5.41) is 9.07. The zero-order valence-electron chi connectivity index (χ0n) is 6.96. The zero-order chi connectivity index (χ0) is 10.1. The molecule has 0 aliphatic rings. The summed E-state index contributed by atoms with van der Waals surface area (Å²) in [7, 11) is 0. The van der Waals surface area contributed by atoms with Crippen molar-refractivity contribution in [3.8, 4) is 6.07 Å². The number of aromatic nitrogens is 1. The first kappa shape index (κ1) is 8.57. The highest BCUT2D eigenvalue weighted by Crippen LogP contribution is 2.21. The number of pyridine rings is 1. The second-order valence-electron chi connectivity index (χ2n) is 2.73. The van der Waals surface area contributed by atoms with Gasteiger partial charge in [-0.15, -0.1) is 0 Å². The molecule has 1 aromatic carbocycles. The predicted octanol–water partition coefficient (Wildman–Crippen LogP) is 2.38. The van der Waals surface area contributed by atoms with Gasteiger partial charge in [-0.05, 0) is 18.2 Å². The zero-order valence-corrected chi connectivity index (χ0v) is 6.96. The van der Waals surface area contributed by atoms with Crippen LogP contribution in [0.5, 0.6) is 0 Å². The molecule has 4 heteroatoms. The monoisotopic (exact) mass is 190 g/mol. The van der Waals surface area contributed by atoms with Crippen LogP contribution < -0.4 is 0 Å². The molecule has 2 aromatic rings. The maximum atomic E-state index is 13.2. The summed E-state index contributed by atoms with van der Waals surface area (Å²) < 4.78 is 26.0. The number of benzene rings is 1. The van der Waals surface area contributed by atoms with Gasteiger partial charge in [0.05, 0.1) is 0 Å². The van der Waals surface area contributed by atoms with E-state index in [1.807, 2.05) is 6.07 Å². The van der Waals surface area contributed by atoms with Gasteiger partial charge in [-0.1, -0.05) is 0 Å². The standard InChI is InChI=1S/C10H4F2N2/c11-8-2-1-6-7(10(8)12)3-4-14-9(6)5-13/h1-4H.